The summed E-state index contributed by atoms with van der Waals surface area (Å²) in [7, 11) is 0. The number of aromatic nitrogens is 2. The molecule has 0 fully saturated rings. The van der Waals surface area contributed by atoms with Gasteiger partial charge in [0, 0.05) is 11.5 Å². The third kappa shape index (κ3) is 1.91. The molecular formula is C15H11N3O4. The van der Waals surface area contributed by atoms with E-state index >= 15 is 0 Å². The largest absolute Gasteiger partial charge is 0.504 e. The van der Waals surface area contributed by atoms with Crippen molar-refractivity contribution in [3.63, 3.8) is 0 Å². The average Bonchev–Trinajstić information content (AvgIpc) is 2.99. The lowest BCUT2D eigenvalue weighted by Gasteiger charge is -2.11. The Morgan fingerprint density at radius 3 is 2.82 bits per heavy atom. The molecule has 110 valence electrons. The average molecular weight is 297 g/mol. The van der Waals surface area contributed by atoms with Gasteiger partial charge in [-0.25, -0.2) is 9.97 Å². The fraction of sp³-hybridized carbons (Fsp3) is 0.0667. The molecule has 3 N–H and O–H groups in total. The van der Waals surface area contributed by atoms with Crippen molar-refractivity contribution in [3.05, 3.63) is 36.7 Å². The molecule has 4 rings (SSSR count). The fourth-order valence-corrected chi connectivity index (χ4v) is 2.34. The van der Waals surface area contributed by atoms with E-state index in [1.807, 2.05) is 18.2 Å². The van der Waals surface area contributed by atoms with Crippen molar-refractivity contribution in [1.29, 1.82) is 0 Å². The second-order valence-corrected chi connectivity index (χ2v) is 4.74. The zero-order valence-corrected chi connectivity index (χ0v) is 11.3. The number of para-hydroxylation sites is 1. The number of phenols is 2. The Hall–Kier alpha value is -3.22. The molecule has 0 bridgehead atoms. The molecule has 0 unspecified atom stereocenters. The fourth-order valence-electron chi connectivity index (χ4n) is 2.34. The summed E-state index contributed by atoms with van der Waals surface area (Å²) in [5, 5.41) is 23.0. The van der Waals surface area contributed by atoms with E-state index in [4.69, 9.17) is 9.47 Å². The van der Waals surface area contributed by atoms with Gasteiger partial charge in [-0.1, -0.05) is 6.07 Å². The number of anilines is 2. The highest BCUT2D eigenvalue weighted by Crippen LogP contribution is 2.41. The number of ether oxygens (including phenoxy) is 2. The van der Waals surface area contributed by atoms with E-state index < -0.39 is 0 Å². The molecule has 2 heterocycles. The first-order valence-corrected chi connectivity index (χ1v) is 6.55. The molecule has 0 saturated heterocycles. The molecule has 7 nitrogen and oxygen atoms in total. The number of rotatable bonds is 2. The van der Waals surface area contributed by atoms with Crippen LogP contribution in [-0.4, -0.2) is 27.0 Å². The lowest BCUT2D eigenvalue weighted by Crippen LogP contribution is -1.98. The summed E-state index contributed by atoms with van der Waals surface area (Å²) in [6.07, 6.45) is 1.38. The van der Waals surface area contributed by atoms with Crippen LogP contribution in [0.15, 0.2) is 36.7 Å². The number of nitrogens with zero attached hydrogens (tertiary/aromatic N) is 2. The van der Waals surface area contributed by atoms with Gasteiger partial charge in [0.1, 0.15) is 12.1 Å². The van der Waals surface area contributed by atoms with Crippen LogP contribution in [0.25, 0.3) is 10.9 Å². The Bertz CT molecular complexity index is 882. The van der Waals surface area contributed by atoms with Crippen LogP contribution in [0.2, 0.25) is 0 Å². The van der Waals surface area contributed by atoms with Gasteiger partial charge >= 0.3 is 0 Å². The predicted molar refractivity (Wildman–Crippen MR) is 78.7 cm³/mol. The highest BCUT2D eigenvalue weighted by molar-refractivity contribution is 5.93. The minimum Gasteiger partial charge on any atom is -0.504 e. The minimum absolute atomic E-state index is 0.174. The summed E-state index contributed by atoms with van der Waals surface area (Å²) in [5.41, 5.74) is 1.21. The predicted octanol–water partition coefficient (Wildman–Crippen LogP) is 2.51. The van der Waals surface area contributed by atoms with E-state index in [9.17, 15) is 10.2 Å². The molecule has 1 aromatic heterocycles. The summed E-state index contributed by atoms with van der Waals surface area (Å²) in [6, 6.07) is 8.28. The zero-order chi connectivity index (χ0) is 15.1. The Morgan fingerprint density at radius 1 is 1.05 bits per heavy atom. The van der Waals surface area contributed by atoms with Crippen LogP contribution in [-0.2, 0) is 0 Å². The van der Waals surface area contributed by atoms with E-state index in [-0.39, 0.29) is 18.3 Å². The van der Waals surface area contributed by atoms with E-state index in [1.165, 1.54) is 18.5 Å². The molecule has 0 radical (unpaired) electrons. The van der Waals surface area contributed by atoms with Gasteiger partial charge in [-0.05, 0) is 18.2 Å². The summed E-state index contributed by atoms with van der Waals surface area (Å²) in [6.45, 7) is 0.174. The molecule has 0 spiro atoms. The monoisotopic (exact) mass is 297 g/mol. The summed E-state index contributed by atoms with van der Waals surface area (Å²) in [4.78, 5) is 8.27. The SMILES string of the molecule is Oc1cc2ncnc(Nc3cccc4c3OCO4)c2cc1O. The first-order valence-electron chi connectivity index (χ1n) is 6.55. The Kier molecular flexibility index (Phi) is 2.65. The standard InChI is InChI=1S/C15H11N3O4/c19-11-4-8-10(5-12(11)20)16-6-17-15(8)18-9-2-1-3-13-14(9)22-7-21-13/h1-6,19-20H,7H2,(H,16,17,18). The molecule has 1 aliphatic rings. The Labute approximate surface area is 124 Å². The molecular weight excluding hydrogens is 286 g/mol. The van der Waals surface area contributed by atoms with Gasteiger partial charge in [0.25, 0.3) is 0 Å². The number of fused-ring (bicyclic) bond motifs is 2. The van der Waals surface area contributed by atoms with Crippen LogP contribution >= 0.6 is 0 Å². The van der Waals surface area contributed by atoms with Crippen molar-refractivity contribution in [2.24, 2.45) is 0 Å². The maximum atomic E-state index is 9.68. The van der Waals surface area contributed by atoms with Gasteiger partial charge in [0.05, 0.1) is 11.2 Å². The minimum atomic E-state index is -0.233. The maximum Gasteiger partial charge on any atom is 0.231 e. The van der Waals surface area contributed by atoms with Gasteiger partial charge < -0.3 is 25.0 Å². The van der Waals surface area contributed by atoms with Gasteiger partial charge in [-0.3, -0.25) is 0 Å². The van der Waals surface area contributed by atoms with Crippen LogP contribution in [0.4, 0.5) is 11.5 Å². The lowest BCUT2D eigenvalue weighted by atomic mass is 10.2. The third-order valence-corrected chi connectivity index (χ3v) is 3.38. The number of hydrogen-bond donors (Lipinski definition) is 3. The highest BCUT2D eigenvalue weighted by atomic mass is 16.7. The molecule has 22 heavy (non-hydrogen) atoms. The summed E-state index contributed by atoms with van der Waals surface area (Å²) < 4.78 is 10.8. The van der Waals surface area contributed by atoms with E-state index in [2.05, 4.69) is 15.3 Å². The van der Waals surface area contributed by atoms with Crippen molar-refractivity contribution >= 4 is 22.4 Å². The number of aromatic hydroxyl groups is 2. The molecule has 1 aliphatic heterocycles. The van der Waals surface area contributed by atoms with Crippen LogP contribution < -0.4 is 14.8 Å². The number of nitrogens with one attached hydrogen (secondary N) is 1. The zero-order valence-electron chi connectivity index (χ0n) is 11.3. The smallest absolute Gasteiger partial charge is 0.231 e. The molecule has 2 aromatic carbocycles. The quantitative estimate of drug-likeness (QED) is 0.625. The molecule has 7 heteroatoms. The van der Waals surface area contributed by atoms with E-state index in [0.717, 1.165) is 0 Å². The van der Waals surface area contributed by atoms with Crippen molar-refractivity contribution < 1.29 is 19.7 Å². The second kappa shape index (κ2) is 4.66. The third-order valence-electron chi connectivity index (χ3n) is 3.38. The van der Waals surface area contributed by atoms with Crippen LogP contribution in [0, 0.1) is 0 Å². The number of benzene rings is 2. The molecule has 3 aromatic rings. The van der Waals surface area contributed by atoms with Gasteiger partial charge in [-0.2, -0.15) is 0 Å². The lowest BCUT2D eigenvalue weighted by molar-refractivity contribution is 0.174. The van der Waals surface area contributed by atoms with Crippen LogP contribution in [0.1, 0.15) is 0 Å². The van der Waals surface area contributed by atoms with Crippen LogP contribution in [0.5, 0.6) is 23.0 Å². The Morgan fingerprint density at radius 2 is 1.91 bits per heavy atom. The number of hydrogen-bond acceptors (Lipinski definition) is 7. The van der Waals surface area contributed by atoms with Gasteiger partial charge in [0.2, 0.25) is 6.79 Å². The second-order valence-electron chi connectivity index (χ2n) is 4.74. The molecule has 0 saturated carbocycles. The molecule has 0 amide bonds. The summed E-state index contributed by atoms with van der Waals surface area (Å²) in [5.74, 6) is 1.29. The Balaban J connectivity index is 1.82. The van der Waals surface area contributed by atoms with E-state index in [0.29, 0.717) is 33.9 Å². The summed E-state index contributed by atoms with van der Waals surface area (Å²) >= 11 is 0. The topological polar surface area (TPSA) is 96.7 Å². The van der Waals surface area contributed by atoms with Crippen molar-refractivity contribution in [3.8, 4) is 23.0 Å². The molecule has 0 atom stereocenters. The maximum absolute atomic E-state index is 9.68. The number of phenolic OH excluding ortho intramolecular Hbond substituents is 2. The first kappa shape index (κ1) is 12.5. The normalized spacial score (nSPS) is 12.5. The van der Waals surface area contributed by atoms with Gasteiger partial charge in [0.15, 0.2) is 23.0 Å². The first-order chi connectivity index (χ1) is 10.7. The molecule has 0 aliphatic carbocycles. The highest BCUT2D eigenvalue weighted by Gasteiger charge is 2.18. The van der Waals surface area contributed by atoms with Crippen LogP contribution in [0.3, 0.4) is 0 Å². The van der Waals surface area contributed by atoms with Crippen molar-refractivity contribution in [1.82, 2.24) is 9.97 Å². The van der Waals surface area contributed by atoms with E-state index in [1.54, 1.807) is 0 Å². The van der Waals surface area contributed by atoms with Crippen molar-refractivity contribution in [2.75, 3.05) is 12.1 Å². The van der Waals surface area contributed by atoms with Crippen molar-refractivity contribution in [2.45, 2.75) is 0 Å². The van der Waals surface area contributed by atoms with Gasteiger partial charge in [-0.15, -0.1) is 0 Å².